The van der Waals surface area contributed by atoms with Gasteiger partial charge in [0.15, 0.2) is 11.4 Å². The zero-order valence-corrected chi connectivity index (χ0v) is 79.4. The van der Waals surface area contributed by atoms with E-state index in [4.69, 9.17) is 32.3 Å². The van der Waals surface area contributed by atoms with Crippen molar-refractivity contribution in [3.8, 4) is 0 Å². The Bertz CT molecular complexity index is 4420. The number of alkyl halides is 2. The Hall–Kier alpha value is -1.19. The molecule has 41 heteroatoms. The fourth-order valence-corrected chi connectivity index (χ4v) is 14.0. The summed E-state index contributed by atoms with van der Waals surface area (Å²) in [5.74, 6) is -2.22. The van der Waals surface area contributed by atoms with Crippen LogP contribution in [0.4, 0.5) is 28.4 Å². The Morgan fingerprint density at radius 3 is 1.08 bits per heavy atom. The molecule has 0 atom stereocenters. The van der Waals surface area contributed by atoms with E-state index in [1.54, 1.807) is 36.4 Å². The van der Waals surface area contributed by atoms with Gasteiger partial charge in [-0.3, -0.25) is 18.7 Å². The maximum absolute atomic E-state index is 11.1. The predicted octanol–water partition coefficient (Wildman–Crippen LogP) is 4.28. The molecule has 0 unspecified atom stereocenters. The monoisotopic (exact) mass is 2040 g/mol. The number of fused-ring (bicyclic) bond motifs is 2. The van der Waals surface area contributed by atoms with Crippen molar-refractivity contribution < 1.29 is 156 Å². The SMILES string of the molecule is CC1=[N+](CCCCS(=O)(=O)[O-])c2ccc(C)cc2C1(C)C.Cc1ccc2c(c1)C(C)(C)C(/C=C/c1ccc(N(CCS(=O)(=O)[O-])CCS(=O)(=O)[O-])cc1)=[N+]2CCCCS(=O)(=O)[O-].I.II.O=Cc1ccc(N(CCCl)CCCl)cc1.O=Cc1ccc(N(CCS(=O)(=O)O)CCS(=O)(=O)O)cc1.S=S=S.[Na+].[Na+]. The molecule has 0 spiro atoms. The molecular weight excluding hydrogens is 1960 g/mol. The predicted molar refractivity (Wildman–Crippen MR) is 446 cm³/mol. The van der Waals surface area contributed by atoms with Gasteiger partial charge in [0.25, 0.3) is 20.2 Å². The minimum atomic E-state index is -4.55. The van der Waals surface area contributed by atoms with E-state index in [2.05, 4.69) is 139 Å². The van der Waals surface area contributed by atoms with Crippen LogP contribution in [0.15, 0.2) is 115 Å². The molecule has 0 aliphatic carbocycles. The molecule has 5 aromatic rings. The third kappa shape index (κ3) is 40.7. The Labute approximate surface area is 733 Å². The third-order valence-electron chi connectivity index (χ3n) is 16.2. The summed E-state index contributed by atoms with van der Waals surface area (Å²) < 4.78 is 197. The summed E-state index contributed by atoms with van der Waals surface area (Å²) >= 11 is 23.9. The molecule has 5 aromatic carbocycles. The number of halogens is 5. The van der Waals surface area contributed by atoms with Crippen molar-refractivity contribution in [1.82, 2.24) is 0 Å². The van der Waals surface area contributed by atoms with E-state index >= 15 is 0 Å². The third-order valence-corrected chi connectivity index (χ3v) is 20.9. The van der Waals surface area contributed by atoms with Gasteiger partial charge in [0.1, 0.15) is 25.7 Å². The van der Waals surface area contributed by atoms with Gasteiger partial charge in [0.2, 0.25) is 11.4 Å². The first-order valence-electron chi connectivity index (χ1n) is 31.3. The minimum Gasteiger partial charge on any atom is -0.748 e. The number of carbonyl (C=O) groups is 2. The van der Waals surface area contributed by atoms with Crippen molar-refractivity contribution in [3.05, 3.63) is 154 Å². The first kappa shape index (κ1) is 107. The fourth-order valence-electron chi connectivity index (χ4n) is 10.7. The van der Waals surface area contributed by atoms with Gasteiger partial charge >= 0.3 is 59.1 Å². The number of hydrogen-bond acceptors (Lipinski definition) is 23. The number of anilines is 3. The molecule has 2 N–H and O–H groups in total. The molecular formula is C65H86Cl2I3N5Na2O20S9. The van der Waals surface area contributed by atoms with Gasteiger partial charge < -0.3 is 32.9 Å². The molecule has 106 heavy (non-hydrogen) atoms. The second-order valence-corrected chi connectivity index (χ2v) is 36.1. The maximum atomic E-state index is 11.1. The standard InChI is InChI=1S/C27H36N2O9S3.C16H23NO3S.C11H13Cl2NO.C11H15NO7S2.I2.HI.2Na.S3/c1-21-6-12-25-24(20-21)27(2,3)26(29(25)14-4-5-17-39(30,31)32)13-9-22-7-10-23(11-8-22)28(15-18-40(33,34)35)16-19-41(36,37)38;1-12-7-8-15-14(11-12)16(3,4)13(2)17(15)9-5-6-10-21(18,19)20;12-5-7-14(8-6-13)11-3-1-10(9-15)2-4-11;13-9-10-1-3-11(4-2-10)12(5-7-20(14,15)16)6-8-21(17,18)19;1-2;;;;1-3-2/h6-13,20H,4-5,14-19H2,1-3H3,(H2-,30,31,32,33,34,35,36,37,38);7-8,11H,5-6,9-10H2,1-4H3;1-4,9H,5-8H2;1-4,9H,5-8H2,(H,14,15,16)(H,17,18,19);;1H;;;/q;;;;;;2*+1;/p-2. The quantitative estimate of drug-likeness (QED) is 0.0113. The summed E-state index contributed by atoms with van der Waals surface area (Å²) in [4.78, 5) is 25.9. The van der Waals surface area contributed by atoms with Gasteiger partial charge in [-0.25, -0.2) is 33.7 Å². The number of aryl methyl sites for hydroxylation is 2. The number of carbonyl (C=O) groups excluding carboxylic acids is 2. The van der Waals surface area contributed by atoms with E-state index in [0.717, 1.165) is 68.6 Å². The fraction of sp³-hybridized carbons (Fsp3) is 0.446. The van der Waals surface area contributed by atoms with Crippen LogP contribution in [0.2, 0.25) is 0 Å². The molecule has 582 valence electrons. The topological polar surface area (TPSA) is 387 Å². The van der Waals surface area contributed by atoms with Crippen LogP contribution in [0, 0.1) is 13.8 Å². The van der Waals surface area contributed by atoms with Crippen LogP contribution in [-0.4, -0.2) is 210 Å². The number of aldehydes is 2. The molecule has 0 radical (unpaired) electrons. The largest absolute Gasteiger partial charge is 1.00 e. The Kier molecular flexibility index (Phi) is 51.3. The molecule has 25 nitrogen and oxygen atoms in total. The molecule has 2 aliphatic heterocycles. The van der Waals surface area contributed by atoms with E-state index in [9.17, 15) is 78.3 Å². The van der Waals surface area contributed by atoms with Crippen LogP contribution in [0.5, 0.6) is 0 Å². The molecule has 0 aromatic heterocycles. The summed E-state index contributed by atoms with van der Waals surface area (Å²) in [5.41, 5.74) is 12.7. The number of benzene rings is 5. The minimum absolute atomic E-state index is 0. The van der Waals surface area contributed by atoms with Gasteiger partial charge in [-0.1, -0.05) is 35.4 Å². The summed E-state index contributed by atoms with van der Waals surface area (Å²) in [7, 11) is -25.0. The van der Waals surface area contributed by atoms with Gasteiger partial charge in [0.05, 0.1) is 74.3 Å². The first-order valence-corrected chi connectivity index (χ1v) is 50.8. The van der Waals surface area contributed by atoms with Gasteiger partial charge in [-0.05, 0) is 139 Å². The Morgan fingerprint density at radius 2 is 0.764 bits per heavy atom. The molecule has 2 heterocycles. The van der Waals surface area contributed by atoms with E-state index in [-0.39, 0.29) is 132 Å². The number of hydrogen-bond donors (Lipinski definition) is 2. The molecule has 0 amide bonds. The molecule has 7 rings (SSSR count). The van der Waals surface area contributed by atoms with Crippen molar-refractivity contribution >= 4 is 235 Å². The number of rotatable bonds is 33. The molecule has 0 fully saturated rings. The summed E-state index contributed by atoms with van der Waals surface area (Å²) in [6.07, 6.45) is 7.19. The average molecular weight is 2040 g/mol. The van der Waals surface area contributed by atoms with Gasteiger partial charge in [-0.2, -0.15) is 26.0 Å². The van der Waals surface area contributed by atoms with Crippen LogP contribution >= 0.6 is 84.4 Å². The molecule has 0 saturated heterocycles. The smallest absolute Gasteiger partial charge is 0.748 e. The zero-order chi connectivity index (χ0) is 78.4. The molecule has 2 aliphatic rings. The van der Waals surface area contributed by atoms with Gasteiger partial charge in [0, 0.05) is 208 Å². The van der Waals surface area contributed by atoms with Gasteiger partial charge in [-0.15, -0.1) is 47.2 Å². The van der Waals surface area contributed by atoms with Crippen LogP contribution in [0.1, 0.15) is 109 Å². The van der Waals surface area contributed by atoms with Crippen LogP contribution in [-0.2, 0) is 103 Å². The van der Waals surface area contributed by atoms with E-state index in [0.29, 0.717) is 66.4 Å². The second-order valence-electron chi connectivity index (χ2n) is 24.3. The number of unbranched alkanes of at least 4 members (excludes halogenated alkanes) is 2. The van der Waals surface area contributed by atoms with Crippen molar-refractivity contribution in [2.45, 2.75) is 85.0 Å². The average Bonchev–Trinajstić information content (AvgIpc) is 1.60. The molecule has 0 saturated carbocycles. The Balaban J connectivity index is 0. The first-order chi connectivity index (χ1) is 47.8. The number of nitrogens with zero attached hydrogens (tertiary/aromatic N) is 5. The normalized spacial score (nSPS) is 13.4. The van der Waals surface area contributed by atoms with Crippen molar-refractivity contribution in [1.29, 1.82) is 0 Å². The van der Waals surface area contributed by atoms with Crippen LogP contribution < -0.4 is 73.8 Å². The second kappa shape index (κ2) is 50.9. The van der Waals surface area contributed by atoms with Crippen LogP contribution in [0.25, 0.3) is 6.08 Å². The number of allylic oxidation sites excluding steroid dienone is 1. The van der Waals surface area contributed by atoms with E-state index in [1.165, 1.54) is 56.6 Å². The summed E-state index contributed by atoms with van der Waals surface area (Å²) in [6, 6.07) is 32.8. The van der Waals surface area contributed by atoms with Crippen molar-refractivity contribution in [2.24, 2.45) is 0 Å². The van der Waals surface area contributed by atoms with Crippen LogP contribution in [0.3, 0.4) is 0 Å². The van der Waals surface area contributed by atoms with Crippen molar-refractivity contribution in [3.63, 3.8) is 0 Å². The summed E-state index contributed by atoms with van der Waals surface area (Å²) in [5, 5.41) is 0. The summed E-state index contributed by atoms with van der Waals surface area (Å²) in [6.45, 7) is 16.8. The zero-order valence-electron chi connectivity index (χ0n) is 59.9. The Morgan fingerprint density at radius 1 is 0.462 bits per heavy atom. The molecule has 0 bridgehead atoms. The van der Waals surface area contributed by atoms with E-state index < -0.39 is 89.5 Å². The maximum Gasteiger partial charge on any atom is 1.00 e. The van der Waals surface area contributed by atoms with Crippen molar-refractivity contribution in [2.75, 3.05) is 113 Å². The van der Waals surface area contributed by atoms with E-state index in [1.807, 2.05) is 43.3 Å².